The van der Waals surface area contributed by atoms with Gasteiger partial charge in [0.05, 0.1) is 0 Å². The highest BCUT2D eigenvalue weighted by molar-refractivity contribution is 4.96. The molecule has 0 aliphatic heterocycles. The highest BCUT2D eigenvalue weighted by Gasteiger charge is 1.79. The Morgan fingerprint density at radius 1 is 1.62 bits per heavy atom. The van der Waals surface area contributed by atoms with E-state index in [2.05, 4.69) is 26.8 Å². The summed E-state index contributed by atoms with van der Waals surface area (Å²) in [6.07, 6.45) is 5.60. The summed E-state index contributed by atoms with van der Waals surface area (Å²) in [6, 6.07) is 0. The lowest BCUT2D eigenvalue weighted by Crippen LogP contribution is -1.70. The normalized spacial score (nSPS) is 12.1. The molecule has 0 saturated heterocycles. The largest absolute Gasteiger partial charge is 0.0856 e. The van der Waals surface area contributed by atoms with Crippen LogP contribution in [0.5, 0.6) is 0 Å². The Hall–Kier alpha value is -0.260. The van der Waals surface area contributed by atoms with Gasteiger partial charge in [-0.1, -0.05) is 25.5 Å². The van der Waals surface area contributed by atoms with E-state index in [9.17, 15) is 0 Å². The van der Waals surface area contributed by atoms with Crippen LogP contribution in [0.1, 0.15) is 33.1 Å². The van der Waals surface area contributed by atoms with E-state index in [0.717, 1.165) is 12.8 Å². The number of allylic oxidation sites excluding steroid dienone is 2. The van der Waals surface area contributed by atoms with Gasteiger partial charge in [0.15, 0.2) is 0 Å². The maximum Gasteiger partial charge on any atom is -0.0348 e. The molecule has 0 spiro atoms. The van der Waals surface area contributed by atoms with Crippen molar-refractivity contribution in [3.8, 4) is 0 Å². The molecule has 1 radical (unpaired) electrons. The van der Waals surface area contributed by atoms with Crippen LogP contribution in [-0.2, 0) is 0 Å². The summed E-state index contributed by atoms with van der Waals surface area (Å²) in [5.74, 6) is 0. The minimum absolute atomic E-state index is 1.03. The Morgan fingerprint density at radius 3 is 2.62 bits per heavy atom. The summed E-state index contributed by atoms with van der Waals surface area (Å²) in [4.78, 5) is 0. The van der Waals surface area contributed by atoms with Gasteiger partial charge in [0.2, 0.25) is 0 Å². The first kappa shape index (κ1) is 7.74. The van der Waals surface area contributed by atoms with Gasteiger partial charge in [0.25, 0.3) is 0 Å². The minimum Gasteiger partial charge on any atom is -0.0856 e. The van der Waals surface area contributed by atoms with Crippen molar-refractivity contribution in [1.82, 2.24) is 0 Å². The van der Waals surface area contributed by atoms with Crippen molar-refractivity contribution in [2.24, 2.45) is 0 Å². The molecule has 0 heteroatoms. The third kappa shape index (κ3) is 3.91. The van der Waals surface area contributed by atoms with Crippen LogP contribution >= 0.6 is 0 Å². The maximum atomic E-state index is 3.75. The highest BCUT2D eigenvalue weighted by Crippen LogP contribution is 2.00. The Morgan fingerprint density at radius 2 is 2.25 bits per heavy atom. The van der Waals surface area contributed by atoms with Gasteiger partial charge in [-0.2, -0.15) is 0 Å². The standard InChI is InChI=1S/C8H15/c1-4-6-7-8(3)5-2/h7H,1,4-6H2,2-3H3/b8-7-. The number of unbranched alkanes of at least 4 members (excludes halogenated alkanes) is 1. The van der Waals surface area contributed by atoms with Gasteiger partial charge in [-0.05, 0) is 26.2 Å². The van der Waals surface area contributed by atoms with Gasteiger partial charge in [-0.15, -0.1) is 0 Å². The van der Waals surface area contributed by atoms with Crippen LogP contribution in [0.15, 0.2) is 11.6 Å². The van der Waals surface area contributed by atoms with E-state index in [1.165, 1.54) is 12.0 Å². The molecule has 0 N–H and O–H groups in total. The fraction of sp³-hybridized carbons (Fsp3) is 0.625. The average Bonchev–Trinajstić information content (AvgIpc) is 1.83. The minimum atomic E-state index is 1.03. The second-order valence-electron chi connectivity index (χ2n) is 2.05. The molecule has 47 valence electrons. The zero-order chi connectivity index (χ0) is 6.41. The summed E-state index contributed by atoms with van der Waals surface area (Å²) < 4.78 is 0. The van der Waals surface area contributed by atoms with E-state index >= 15 is 0 Å². The number of rotatable bonds is 3. The first-order chi connectivity index (χ1) is 3.81. The van der Waals surface area contributed by atoms with E-state index in [0.29, 0.717) is 0 Å². The summed E-state index contributed by atoms with van der Waals surface area (Å²) >= 11 is 0. The molecule has 0 aromatic carbocycles. The summed E-state index contributed by atoms with van der Waals surface area (Å²) in [5.41, 5.74) is 1.48. The Bertz CT molecular complexity index is 70.1. The Labute approximate surface area is 52.6 Å². The first-order valence-corrected chi connectivity index (χ1v) is 3.26. The molecule has 0 aromatic heterocycles. The molecule has 0 aliphatic rings. The monoisotopic (exact) mass is 111 g/mol. The molecule has 0 rings (SSSR count). The molecule has 0 aromatic rings. The molecule has 0 aliphatic carbocycles. The maximum absolute atomic E-state index is 3.75. The van der Waals surface area contributed by atoms with E-state index in [4.69, 9.17) is 0 Å². The van der Waals surface area contributed by atoms with Crippen LogP contribution in [-0.4, -0.2) is 0 Å². The molecule has 0 unspecified atom stereocenters. The Balaban J connectivity index is 3.26. The highest BCUT2D eigenvalue weighted by atomic mass is 13.9. The van der Waals surface area contributed by atoms with Crippen molar-refractivity contribution in [2.45, 2.75) is 33.1 Å². The lowest BCUT2D eigenvalue weighted by Gasteiger charge is -1.91. The van der Waals surface area contributed by atoms with Gasteiger partial charge in [0.1, 0.15) is 0 Å². The van der Waals surface area contributed by atoms with Crippen molar-refractivity contribution in [2.75, 3.05) is 0 Å². The molecule has 0 nitrogen and oxygen atoms in total. The van der Waals surface area contributed by atoms with Crippen LogP contribution in [0, 0.1) is 6.92 Å². The quantitative estimate of drug-likeness (QED) is 0.491. The lowest BCUT2D eigenvalue weighted by atomic mass is 10.2. The molecule has 0 amide bonds. The fourth-order valence-electron chi connectivity index (χ4n) is 0.493. The van der Waals surface area contributed by atoms with Crippen LogP contribution in [0.3, 0.4) is 0 Å². The average molecular weight is 111 g/mol. The molecular weight excluding hydrogens is 96.1 g/mol. The van der Waals surface area contributed by atoms with Gasteiger partial charge in [-0.3, -0.25) is 0 Å². The van der Waals surface area contributed by atoms with Gasteiger partial charge >= 0.3 is 0 Å². The fourth-order valence-corrected chi connectivity index (χ4v) is 0.493. The lowest BCUT2D eigenvalue weighted by molar-refractivity contribution is 0.997. The third-order valence-corrected chi connectivity index (χ3v) is 1.25. The van der Waals surface area contributed by atoms with Crippen LogP contribution in [0.25, 0.3) is 0 Å². The summed E-state index contributed by atoms with van der Waals surface area (Å²) in [7, 11) is 0. The second-order valence-corrected chi connectivity index (χ2v) is 2.05. The molecule has 0 heterocycles. The van der Waals surface area contributed by atoms with Gasteiger partial charge in [-0.25, -0.2) is 0 Å². The zero-order valence-electron chi connectivity index (χ0n) is 5.91. The van der Waals surface area contributed by atoms with Gasteiger partial charge in [0, 0.05) is 0 Å². The zero-order valence-corrected chi connectivity index (χ0v) is 5.91. The molecule has 0 fully saturated rings. The third-order valence-electron chi connectivity index (χ3n) is 1.25. The first-order valence-electron chi connectivity index (χ1n) is 3.26. The molecular formula is C8H15. The van der Waals surface area contributed by atoms with Crippen molar-refractivity contribution in [3.63, 3.8) is 0 Å². The van der Waals surface area contributed by atoms with Crippen molar-refractivity contribution >= 4 is 0 Å². The predicted molar refractivity (Wildman–Crippen MR) is 38.6 cm³/mol. The van der Waals surface area contributed by atoms with E-state index in [1.54, 1.807) is 0 Å². The number of hydrogen-bond donors (Lipinski definition) is 0. The van der Waals surface area contributed by atoms with Crippen LogP contribution in [0.2, 0.25) is 0 Å². The van der Waals surface area contributed by atoms with Crippen molar-refractivity contribution in [1.29, 1.82) is 0 Å². The SMILES string of the molecule is [CH2]CC/C=C(/C)CC. The topological polar surface area (TPSA) is 0 Å². The van der Waals surface area contributed by atoms with E-state index in [-0.39, 0.29) is 0 Å². The van der Waals surface area contributed by atoms with Crippen molar-refractivity contribution in [3.05, 3.63) is 18.6 Å². The van der Waals surface area contributed by atoms with Gasteiger partial charge < -0.3 is 0 Å². The molecule has 8 heavy (non-hydrogen) atoms. The summed E-state index contributed by atoms with van der Waals surface area (Å²) in [6.45, 7) is 8.09. The summed E-state index contributed by atoms with van der Waals surface area (Å²) in [5, 5.41) is 0. The molecule has 0 atom stereocenters. The van der Waals surface area contributed by atoms with E-state index in [1.807, 2.05) is 0 Å². The smallest absolute Gasteiger partial charge is 0.0348 e. The Kier molecular flexibility index (Phi) is 4.73. The van der Waals surface area contributed by atoms with Crippen LogP contribution < -0.4 is 0 Å². The predicted octanol–water partition coefficient (Wildman–Crippen LogP) is 2.96. The second kappa shape index (κ2) is 4.89. The molecule has 0 saturated carbocycles. The van der Waals surface area contributed by atoms with E-state index < -0.39 is 0 Å². The van der Waals surface area contributed by atoms with Crippen molar-refractivity contribution < 1.29 is 0 Å². The number of hydrogen-bond acceptors (Lipinski definition) is 0. The molecule has 0 bridgehead atoms. The van der Waals surface area contributed by atoms with Crippen LogP contribution in [0.4, 0.5) is 0 Å².